The van der Waals surface area contributed by atoms with Gasteiger partial charge < -0.3 is 9.63 Å². The first-order valence-electron chi connectivity index (χ1n) is 6.21. The first kappa shape index (κ1) is 14.6. The van der Waals surface area contributed by atoms with Gasteiger partial charge in [0.15, 0.2) is 0 Å². The van der Waals surface area contributed by atoms with Gasteiger partial charge in [-0.25, -0.2) is 0 Å². The van der Waals surface area contributed by atoms with Gasteiger partial charge in [0.2, 0.25) is 0 Å². The molecule has 0 saturated carbocycles. The highest BCUT2D eigenvalue weighted by atomic mass is 31.1. The highest BCUT2D eigenvalue weighted by Crippen LogP contribution is 2.23. The van der Waals surface area contributed by atoms with Crippen molar-refractivity contribution < 1.29 is 14.4 Å². The van der Waals surface area contributed by atoms with Gasteiger partial charge in [-0.15, -0.1) is 0 Å². The number of Topliss-reactive ketones (excluding diaryl/α,β-unsaturated/α-hetero) is 1. The third-order valence-corrected chi connectivity index (χ3v) is 4.31. The van der Waals surface area contributed by atoms with Crippen LogP contribution in [0.4, 0.5) is 0 Å². The van der Waals surface area contributed by atoms with Crippen molar-refractivity contribution >= 4 is 19.0 Å². The first-order valence-corrected chi connectivity index (χ1v) is 7.66. The predicted molar refractivity (Wildman–Crippen MR) is 79.9 cm³/mol. The van der Waals surface area contributed by atoms with Crippen LogP contribution in [0, 0.1) is 0 Å². The SMILES string of the molecule is COC(C(=O)c1ccccc1)=[P+]([O-])Cc1ccccc1. The Bertz CT molecular complexity index is 606. The molecule has 1 unspecified atom stereocenters. The minimum absolute atomic E-state index is 0.0232. The maximum atomic E-state index is 12.3. The summed E-state index contributed by atoms with van der Waals surface area (Å²) in [5.41, 5.74) is 1.43. The van der Waals surface area contributed by atoms with Crippen LogP contribution < -0.4 is 4.89 Å². The van der Waals surface area contributed by atoms with Crippen LogP contribution in [0.25, 0.3) is 0 Å². The molecule has 0 aliphatic carbocycles. The second-order valence-electron chi connectivity index (χ2n) is 4.23. The topological polar surface area (TPSA) is 49.4 Å². The van der Waals surface area contributed by atoms with Gasteiger partial charge in [-0.2, -0.15) is 0 Å². The molecule has 4 heteroatoms. The van der Waals surface area contributed by atoms with Gasteiger partial charge in [-0.3, -0.25) is 4.79 Å². The lowest BCUT2D eigenvalue weighted by Crippen LogP contribution is -2.18. The Kier molecular flexibility index (Phi) is 5.19. The van der Waals surface area contributed by atoms with E-state index in [1.54, 1.807) is 24.3 Å². The number of ketones is 1. The van der Waals surface area contributed by atoms with Crippen LogP contribution in [0.1, 0.15) is 15.9 Å². The minimum atomic E-state index is -1.89. The number of hydrogen-bond acceptors (Lipinski definition) is 3. The van der Waals surface area contributed by atoms with Gasteiger partial charge in [0.1, 0.15) is 6.16 Å². The molecular formula is C16H15O3P. The monoisotopic (exact) mass is 286 g/mol. The molecule has 0 amide bonds. The van der Waals surface area contributed by atoms with Crippen molar-refractivity contribution in [1.29, 1.82) is 0 Å². The van der Waals surface area contributed by atoms with E-state index in [4.69, 9.17) is 4.74 Å². The van der Waals surface area contributed by atoms with Crippen molar-refractivity contribution in [1.82, 2.24) is 0 Å². The zero-order valence-corrected chi connectivity index (χ0v) is 12.0. The van der Waals surface area contributed by atoms with E-state index in [9.17, 15) is 9.69 Å². The van der Waals surface area contributed by atoms with Gasteiger partial charge in [0.05, 0.1) is 7.77 Å². The predicted octanol–water partition coefficient (Wildman–Crippen LogP) is 2.60. The summed E-state index contributed by atoms with van der Waals surface area (Å²) in [6.45, 7) is 0. The summed E-state index contributed by atoms with van der Waals surface area (Å²) < 4.78 is 5.08. The third-order valence-electron chi connectivity index (χ3n) is 2.82. The van der Waals surface area contributed by atoms with E-state index in [2.05, 4.69) is 0 Å². The lowest BCUT2D eigenvalue weighted by molar-refractivity contribution is -0.153. The Hall–Kier alpha value is -1.80. The van der Waals surface area contributed by atoms with Gasteiger partial charge in [-0.1, -0.05) is 60.7 Å². The normalized spacial score (nSPS) is 11.9. The molecule has 0 aromatic heterocycles. The van der Waals surface area contributed by atoms with E-state index in [0.29, 0.717) is 11.7 Å². The summed E-state index contributed by atoms with van der Waals surface area (Å²) in [5, 5.41) is 0. The summed E-state index contributed by atoms with van der Waals surface area (Å²) in [6.07, 6.45) is 0.303. The number of ether oxygens (including phenoxy) is 1. The highest BCUT2D eigenvalue weighted by Gasteiger charge is 2.21. The van der Waals surface area contributed by atoms with Gasteiger partial charge >= 0.3 is 0 Å². The Morgan fingerprint density at radius 2 is 1.60 bits per heavy atom. The summed E-state index contributed by atoms with van der Waals surface area (Å²) in [6, 6.07) is 18.2. The van der Waals surface area contributed by atoms with E-state index < -0.39 is 7.77 Å². The van der Waals surface area contributed by atoms with Crippen molar-refractivity contribution in [3.63, 3.8) is 0 Å². The molecule has 0 bridgehead atoms. The molecule has 2 aromatic rings. The van der Waals surface area contributed by atoms with Crippen LogP contribution in [0.3, 0.4) is 0 Å². The lowest BCUT2D eigenvalue weighted by Gasteiger charge is -2.05. The van der Waals surface area contributed by atoms with Gasteiger partial charge in [0.25, 0.3) is 11.3 Å². The van der Waals surface area contributed by atoms with Crippen LogP contribution in [-0.4, -0.2) is 18.4 Å². The minimum Gasteiger partial charge on any atom is -0.628 e. The molecule has 0 aliphatic heterocycles. The molecule has 2 aromatic carbocycles. The van der Waals surface area contributed by atoms with E-state index >= 15 is 0 Å². The molecule has 0 aliphatic rings. The second-order valence-corrected chi connectivity index (χ2v) is 5.71. The summed E-state index contributed by atoms with van der Waals surface area (Å²) in [5.74, 6) is -0.315. The average molecular weight is 286 g/mol. The molecule has 0 N–H and O–H groups in total. The van der Waals surface area contributed by atoms with Crippen LogP contribution in [0.5, 0.6) is 0 Å². The lowest BCUT2D eigenvalue weighted by atomic mass is 10.1. The number of carbonyl (C=O) groups is 1. The number of hydrogen-bond donors (Lipinski definition) is 0. The van der Waals surface area contributed by atoms with Crippen molar-refractivity contribution in [2.75, 3.05) is 7.11 Å². The molecule has 0 saturated heterocycles. The quantitative estimate of drug-likeness (QED) is 0.627. The largest absolute Gasteiger partial charge is 0.628 e. The molecule has 2 rings (SSSR count). The van der Waals surface area contributed by atoms with E-state index in [1.807, 2.05) is 36.4 Å². The zero-order chi connectivity index (χ0) is 14.4. The molecular weight excluding hydrogens is 271 g/mol. The fraction of sp³-hybridized carbons (Fsp3) is 0.125. The van der Waals surface area contributed by atoms with Crippen LogP contribution >= 0.6 is 7.77 Å². The summed E-state index contributed by atoms with van der Waals surface area (Å²) in [4.78, 5) is 24.6. The average Bonchev–Trinajstić information content (AvgIpc) is 2.49. The Balaban J connectivity index is 2.26. The molecule has 0 fully saturated rings. The van der Waals surface area contributed by atoms with E-state index in [0.717, 1.165) is 5.56 Å². The Labute approximate surface area is 119 Å². The molecule has 102 valence electrons. The fourth-order valence-electron chi connectivity index (χ4n) is 1.84. The maximum absolute atomic E-state index is 12.3. The van der Waals surface area contributed by atoms with Crippen LogP contribution in [0.2, 0.25) is 0 Å². The van der Waals surface area contributed by atoms with Crippen molar-refractivity contribution in [2.24, 2.45) is 0 Å². The Morgan fingerprint density at radius 3 is 2.15 bits per heavy atom. The summed E-state index contributed by atoms with van der Waals surface area (Å²) in [7, 11) is -0.505. The second kappa shape index (κ2) is 7.11. The maximum Gasteiger partial charge on any atom is 0.293 e. The molecule has 20 heavy (non-hydrogen) atoms. The van der Waals surface area contributed by atoms with Crippen molar-refractivity contribution in [2.45, 2.75) is 6.16 Å². The van der Waals surface area contributed by atoms with Crippen molar-refractivity contribution in [3.8, 4) is 0 Å². The molecule has 0 heterocycles. The third kappa shape index (κ3) is 3.61. The summed E-state index contributed by atoms with van der Waals surface area (Å²) >= 11 is 0. The number of rotatable bonds is 5. The first-order chi connectivity index (χ1) is 9.72. The molecule has 1 atom stereocenters. The molecule has 0 radical (unpaired) electrons. The van der Waals surface area contributed by atoms with Crippen molar-refractivity contribution in [3.05, 3.63) is 71.8 Å². The van der Waals surface area contributed by atoms with Crippen LogP contribution in [-0.2, 0) is 10.9 Å². The number of carbonyl (C=O) groups excluding carboxylic acids is 1. The molecule has 3 nitrogen and oxygen atoms in total. The van der Waals surface area contributed by atoms with Gasteiger partial charge in [0, 0.05) is 12.7 Å². The molecule has 0 spiro atoms. The standard InChI is InChI=1S/C16H15O3P/c1-19-16(15(17)14-10-6-3-7-11-14)20(18)12-13-8-4-2-5-9-13/h2-11H,12H2,1H3. The Morgan fingerprint density at radius 1 is 1.05 bits per heavy atom. The number of benzene rings is 2. The fourth-order valence-corrected chi connectivity index (χ4v) is 3.09. The number of methoxy groups -OCH3 is 1. The highest BCUT2D eigenvalue weighted by molar-refractivity contribution is 7.53. The smallest absolute Gasteiger partial charge is 0.293 e. The van der Waals surface area contributed by atoms with Gasteiger partial charge in [-0.05, 0) is 5.56 Å². The van der Waals surface area contributed by atoms with E-state index in [-0.39, 0.29) is 11.3 Å². The zero-order valence-electron chi connectivity index (χ0n) is 11.2. The van der Waals surface area contributed by atoms with Crippen LogP contribution in [0.15, 0.2) is 60.7 Å². The van der Waals surface area contributed by atoms with E-state index in [1.165, 1.54) is 7.11 Å².